The summed E-state index contributed by atoms with van der Waals surface area (Å²) in [5.41, 5.74) is 1.72. The zero-order valence-corrected chi connectivity index (χ0v) is 13.1. The topological polar surface area (TPSA) is 93.0 Å². The van der Waals surface area contributed by atoms with E-state index in [1.807, 2.05) is 0 Å². The third-order valence-electron chi connectivity index (χ3n) is 3.04. The molecule has 2 aromatic rings. The molecule has 0 fully saturated rings. The van der Waals surface area contributed by atoms with Gasteiger partial charge in [0, 0.05) is 17.1 Å². The molecule has 0 spiro atoms. The van der Waals surface area contributed by atoms with Gasteiger partial charge < -0.3 is 0 Å². The average Bonchev–Trinajstić information content (AvgIpc) is 2.50. The Kier molecular flexibility index (Phi) is 5.21. The van der Waals surface area contributed by atoms with E-state index < -0.39 is 9.05 Å². The maximum Gasteiger partial charge on any atom is 0.261 e. The Balaban J connectivity index is 2.57. The largest absolute Gasteiger partial charge is 0.261 e. The Hall–Kier alpha value is -2.56. The molecule has 0 saturated heterocycles. The molecule has 0 unspecified atom stereocenters. The fourth-order valence-corrected chi connectivity index (χ4v) is 2.84. The first-order valence-electron chi connectivity index (χ1n) is 6.27. The number of para-hydroxylation sites is 1. The predicted octanol–water partition coefficient (Wildman–Crippen LogP) is 3.14. The van der Waals surface area contributed by atoms with Crippen LogP contribution in [-0.2, 0) is 25.1 Å². The van der Waals surface area contributed by atoms with Crippen LogP contribution in [0.3, 0.4) is 0 Å². The van der Waals surface area contributed by atoms with Crippen molar-refractivity contribution in [1.29, 1.82) is 0 Å². The summed E-state index contributed by atoms with van der Waals surface area (Å²) < 4.78 is 22.9. The van der Waals surface area contributed by atoms with Gasteiger partial charge in [-0.25, -0.2) is 18.0 Å². The molecule has 0 N–H and O–H groups in total. The summed E-state index contributed by atoms with van der Waals surface area (Å²) in [7, 11) is 1.41. The van der Waals surface area contributed by atoms with Crippen LogP contribution in [-0.4, -0.2) is 20.6 Å². The fraction of sp³-hybridized carbons (Fsp3) is 0.0667. The minimum absolute atomic E-state index is 0.115. The van der Waals surface area contributed by atoms with E-state index in [-0.39, 0.29) is 17.0 Å². The maximum atomic E-state index is 11.5. The summed E-state index contributed by atoms with van der Waals surface area (Å²) in [5.74, 6) is 0. The molecular formula is C15H9ClN2O4S. The van der Waals surface area contributed by atoms with Crippen LogP contribution in [0.15, 0.2) is 57.3 Å². The highest BCUT2D eigenvalue weighted by molar-refractivity contribution is 8.13. The highest BCUT2D eigenvalue weighted by Gasteiger charge is 2.14. The molecule has 8 heteroatoms. The number of hydrogen-bond acceptors (Lipinski definition) is 6. The van der Waals surface area contributed by atoms with Crippen molar-refractivity contribution in [2.24, 2.45) is 9.98 Å². The quantitative estimate of drug-likeness (QED) is 0.471. The second kappa shape index (κ2) is 7.13. The molecule has 0 aliphatic rings. The van der Waals surface area contributed by atoms with Crippen LogP contribution in [0.2, 0.25) is 0 Å². The lowest BCUT2D eigenvalue weighted by Crippen LogP contribution is -1.95. The molecule has 0 bridgehead atoms. The van der Waals surface area contributed by atoms with E-state index in [1.54, 1.807) is 24.3 Å². The van der Waals surface area contributed by atoms with Crippen molar-refractivity contribution in [2.45, 2.75) is 11.3 Å². The minimum atomic E-state index is -3.92. The Morgan fingerprint density at radius 3 is 2.13 bits per heavy atom. The van der Waals surface area contributed by atoms with Crippen LogP contribution < -0.4 is 0 Å². The first-order chi connectivity index (χ1) is 11.0. The van der Waals surface area contributed by atoms with Gasteiger partial charge in [-0.05, 0) is 35.4 Å². The van der Waals surface area contributed by atoms with E-state index in [9.17, 15) is 18.0 Å². The van der Waals surface area contributed by atoms with Gasteiger partial charge in [-0.2, -0.15) is 9.98 Å². The van der Waals surface area contributed by atoms with Crippen LogP contribution in [0, 0.1) is 0 Å². The SMILES string of the molecule is O=C=Nc1ccccc1Cc1cc(S(=O)(=O)Cl)ccc1N=C=O. The number of rotatable bonds is 5. The van der Waals surface area contributed by atoms with Gasteiger partial charge >= 0.3 is 0 Å². The highest BCUT2D eigenvalue weighted by Crippen LogP contribution is 2.29. The molecule has 23 heavy (non-hydrogen) atoms. The Bertz CT molecular complexity index is 944. The van der Waals surface area contributed by atoms with E-state index in [0.29, 0.717) is 16.8 Å². The fourth-order valence-electron chi connectivity index (χ4n) is 2.04. The lowest BCUT2D eigenvalue weighted by Gasteiger charge is -2.08. The van der Waals surface area contributed by atoms with Crippen LogP contribution in [0.5, 0.6) is 0 Å². The van der Waals surface area contributed by atoms with Gasteiger partial charge in [-0.15, -0.1) is 0 Å². The molecule has 116 valence electrons. The molecule has 0 aromatic heterocycles. The van der Waals surface area contributed by atoms with Crippen molar-refractivity contribution in [3.8, 4) is 0 Å². The summed E-state index contributed by atoms with van der Waals surface area (Å²) in [6.07, 6.45) is 3.07. The van der Waals surface area contributed by atoms with Gasteiger partial charge in [0.1, 0.15) is 0 Å². The third-order valence-corrected chi connectivity index (χ3v) is 4.39. The van der Waals surface area contributed by atoms with E-state index in [2.05, 4.69) is 9.98 Å². The predicted molar refractivity (Wildman–Crippen MR) is 84.3 cm³/mol. The van der Waals surface area contributed by atoms with Gasteiger partial charge in [-0.1, -0.05) is 18.2 Å². The molecule has 0 saturated carbocycles. The molecule has 2 rings (SSSR count). The van der Waals surface area contributed by atoms with E-state index >= 15 is 0 Å². The number of isocyanates is 2. The summed E-state index contributed by atoms with van der Waals surface area (Å²) in [6.45, 7) is 0. The second-order valence-electron chi connectivity index (χ2n) is 4.44. The second-order valence-corrected chi connectivity index (χ2v) is 7.01. The average molecular weight is 349 g/mol. The lowest BCUT2D eigenvalue weighted by molar-refractivity contribution is 0.564. The standard InChI is InChI=1S/C15H9ClN2O4S/c16-23(21,22)13-5-6-15(18-10-20)12(8-13)7-11-3-1-2-4-14(11)17-9-19/h1-6,8H,7H2. The molecular weight excluding hydrogens is 340 g/mol. The van der Waals surface area contributed by atoms with E-state index in [4.69, 9.17) is 10.7 Å². The van der Waals surface area contributed by atoms with Crippen molar-refractivity contribution >= 4 is 43.3 Å². The van der Waals surface area contributed by atoms with E-state index in [1.165, 1.54) is 30.4 Å². The van der Waals surface area contributed by atoms with Gasteiger partial charge in [0.25, 0.3) is 9.05 Å². The molecule has 6 nitrogen and oxygen atoms in total. The van der Waals surface area contributed by atoms with Gasteiger partial charge in [0.2, 0.25) is 12.2 Å². The molecule has 0 heterocycles. The van der Waals surface area contributed by atoms with Crippen molar-refractivity contribution in [1.82, 2.24) is 0 Å². The first-order valence-corrected chi connectivity index (χ1v) is 8.58. The minimum Gasteiger partial charge on any atom is -0.211 e. The number of hydrogen-bond donors (Lipinski definition) is 0. The Labute approximate surface area is 136 Å². The monoisotopic (exact) mass is 348 g/mol. The summed E-state index contributed by atoms with van der Waals surface area (Å²) >= 11 is 0. The number of aliphatic imine (C=N–C) groups is 2. The highest BCUT2D eigenvalue weighted by atomic mass is 35.7. The van der Waals surface area contributed by atoms with Gasteiger partial charge in [0.05, 0.1) is 16.3 Å². The van der Waals surface area contributed by atoms with Crippen LogP contribution in [0.1, 0.15) is 11.1 Å². The number of nitrogens with zero attached hydrogens (tertiary/aromatic N) is 2. The molecule has 0 radical (unpaired) electrons. The summed E-state index contributed by atoms with van der Waals surface area (Å²) in [6, 6.07) is 10.7. The molecule has 0 aliphatic heterocycles. The van der Waals surface area contributed by atoms with Gasteiger partial charge in [0.15, 0.2) is 0 Å². The van der Waals surface area contributed by atoms with Gasteiger partial charge in [-0.3, -0.25) is 0 Å². The zero-order valence-electron chi connectivity index (χ0n) is 11.6. The maximum absolute atomic E-state index is 11.5. The smallest absolute Gasteiger partial charge is 0.211 e. The number of benzene rings is 2. The van der Waals surface area contributed by atoms with Crippen molar-refractivity contribution in [3.63, 3.8) is 0 Å². The summed E-state index contributed by atoms with van der Waals surface area (Å²) in [4.78, 5) is 28.0. The molecule has 0 aliphatic carbocycles. The molecule has 0 amide bonds. The first kappa shape index (κ1) is 16.8. The Morgan fingerprint density at radius 1 is 0.913 bits per heavy atom. The molecule has 2 aromatic carbocycles. The third kappa shape index (κ3) is 4.22. The van der Waals surface area contributed by atoms with Crippen molar-refractivity contribution in [3.05, 3.63) is 53.6 Å². The van der Waals surface area contributed by atoms with Crippen molar-refractivity contribution < 1.29 is 18.0 Å². The van der Waals surface area contributed by atoms with Crippen LogP contribution in [0.25, 0.3) is 0 Å². The summed E-state index contributed by atoms with van der Waals surface area (Å²) in [5, 5.41) is 0. The lowest BCUT2D eigenvalue weighted by atomic mass is 10.0. The number of carbonyl (C=O) groups excluding carboxylic acids is 2. The van der Waals surface area contributed by atoms with Crippen LogP contribution >= 0.6 is 10.7 Å². The van der Waals surface area contributed by atoms with Crippen LogP contribution in [0.4, 0.5) is 11.4 Å². The number of halogens is 1. The van der Waals surface area contributed by atoms with Crippen molar-refractivity contribution in [2.75, 3.05) is 0 Å². The Morgan fingerprint density at radius 2 is 1.52 bits per heavy atom. The zero-order chi connectivity index (χ0) is 16.9. The normalized spacial score (nSPS) is 10.5. The molecule has 0 atom stereocenters. The van der Waals surface area contributed by atoms with E-state index in [0.717, 1.165) is 0 Å².